The zero-order chi connectivity index (χ0) is 16.7. The first kappa shape index (κ1) is 17.6. The van der Waals surface area contributed by atoms with Gasteiger partial charge in [-0.05, 0) is 50.9 Å². The quantitative estimate of drug-likeness (QED) is 0.838. The Bertz CT molecular complexity index is 519. The molecule has 1 N–H and O–H groups in total. The minimum absolute atomic E-state index is 0.107. The van der Waals surface area contributed by atoms with Crippen LogP contribution in [-0.2, 0) is 11.3 Å². The SMILES string of the molecule is COc1ccc(CNC(=O)CCC2CCCN(C)C2)c(OC)c1. The number of methoxy groups -OCH3 is 2. The van der Waals surface area contributed by atoms with Crippen LogP contribution < -0.4 is 14.8 Å². The van der Waals surface area contributed by atoms with Crippen molar-refractivity contribution in [3.8, 4) is 11.5 Å². The fourth-order valence-electron chi connectivity index (χ4n) is 3.12. The highest BCUT2D eigenvalue weighted by Crippen LogP contribution is 2.24. The highest BCUT2D eigenvalue weighted by atomic mass is 16.5. The van der Waals surface area contributed by atoms with E-state index in [1.54, 1.807) is 14.2 Å². The molecule has 1 aliphatic heterocycles. The van der Waals surface area contributed by atoms with Gasteiger partial charge in [0.2, 0.25) is 5.91 Å². The van der Waals surface area contributed by atoms with Crippen molar-refractivity contribution >= 4 is 5.91 Å². The third-order valence-electron chi connectivity index (χ3n) is 4.47. The van der Waals surface area contributed by atoms with E-state index in [1.165, 1.54) is 19.4 Å². The summed E-state index contributed by atoms with van der Waals surface area (Å²) in [6.45, 7) is 2.77. The molecule has 0 aliphatic carbocycles. The van der Waals surface area contributed by atoms with Crippen molar-refractivity contribution in [3.05, 3.63) is 23.8 Å². The summed E-state index contributed by atoms with van der Waals surface area (Å²) in [5.41, 5.74) is 0.957. The Morgan fingerprint density at radius 3 is 2.87 bits per heavy atom. The molecule has 23 heavy (non-hydrogen) atoms. The number of hydrogen-bond donors (Lipinski definition) is 1. The van der Waals surface area contributed by atoms with Crippen LogP contribution >= 0.6 is 0 Å². The van der Waals surface area contributed by atoms with Crippen molar-refractivity contribution in [3.63, 3.8) is 0 Å². The standard InChI is InChI=1S/C18H28N2O3/c1-20-10-4-5-14(13-20)6-9-18(21)19-12-15-7-8-16(22-2)11-17(15)23-3/h7-8,11,14H,4-6,9-10,12-13H2,1-3H3,(H,19,21). The summed E-state index contributed by atoms with van der Waals surface area (Å²) >= 11 is 0. The third kappa shape index (κ3) is 5.43. The Hall–Kier alpha value is -1.75. The first-order valence-corrected chi connectivity index (χ1v) is 8.28. The average Bonchev–Trinajstić information content (AvgIpc) is 2.58. The molecular weight excluding hydrogens is 292 g/mol. The lowest BCUT2D eigenvalue weighted by Crippen LogP contribution is -2.33. The second-order valence-electron chi connectivity index (χ2n) is 6.26. The molecule has 0 bridgehead atoms. The van der Waals surface area contributed by atoms with E-state index in [4.69, 9.17) is 9.47 Å². The van der Waals surface area contributed by atoms with Crippen molar-refractivity contribution < 1.29 is 14.3 Å². The van der Waals surface area contributed by atoms with Gasteiger partial charge in [-0.25, -0.2) is 0 Å². The molecule has 5 nitrogen and oxygen atoms in total. The molecule has 1 aromatic rings. The lowest BCUT2D eigenvalue weighted by atomic mass is 9.93. The van der Waals surface area contributed by atoms with Crippen LogP contribution in [0.5, 0.6) is 11.5 Å². The van der Waals surface area contributed by atoms with Crippen LogP contribution in [-0.4, -0.2) is 45.2 Å². The third-order valence-corrected chi connectivity index (χ3v) is 4.47. The van der Waals surface area contributed by atoms with Crippen LogP contribution in [0.4, 0.5) is 0 Å². The first-order chi connectivity index (χ1) is 11.1. The zero-order valence-corrected chi connectivity index (χ0v) is 14.4. The van der Waals surface area contributed by atoms with Crippen LogP contribution in [0.1, 0.15) is 31.2 Å². The monoisotopic (exact) mass is 320 g/mol. The van der Waals surface area contributed by atoms with E-state index in [1.807, 2.05) is 18.2 Å². The van der Waals surface area contributed by atoms with Gasteiger partial charge in [-0.15, -0.1) is 0 Å². The van der Waals surface area contributed by atoms with Crippen LogP contribution in [0.2, 0.25) is 0 Å². The summed E-state index contributed by atoms with van der Waals surface area (Å²) in [5.74, 6) is 2.24. The van der Waals surface area contributed by atoms with Gasteiger partial charge in [0.1, 0.15) is 11.5 Å². The summed E-state index contributed by atoms with van der Waals surface area (Å²) in [5, 5.41) is 2.99. The normalized spacial score (nSPS) is 18.5. The Morgan fingerprint density at radius 2 is 2.17 bits per heavy atom. The number of piperidine rings is 1. The molecule has 1 atom stereocenters. The molecule has 1 aromatic carbocycles. The minimum Gasteiger partial charge on any atom is -0.497 e. The molecule has 1 heterocycles. The molecule has 0 saturated carbocycles. The fourth-order valence-corrected chi connectivity index (χ4v) is 3.12. The van der Waals surface area contributed by atoms with Crippen molar-refractivity contribution in [1.82, 2.24) is 10.2 Å². The Morgan fingerprint density at radius 1 is 1.35 bits per heavy atom. The predicted molar refractivity (Wildman–Crippen MR) is 90.8 cm³/mol. The minimum atomic E-state index is 0.107. The number of carbonyl (C=O) groups is 1. The Balaban J connectivity index is 1.77. The van der Waals surface area contributed by atoms with Crippen molar-refractivity contribution in [2.75, 3.05) is 34.4 Å². The van der Waals surface area contributed by atoms with E-state index >= 15 is 0 Å². The first-order valence-electron chi connectivity index (χ1n) is 8.28. The molecule has 1 fully saturated rings. The summed E-state index contributed by atoms with van der Waals surface area (Å²) in [6, 6.07) is 5.63. The molecule has 0 spiro atoms. The van der Waals surface area contributed by atoms with Gasteiger partial charge in [0.25, 0.3) is 0 Å². The Labute approximate surface area is 139 Å². The number of hydrogen-bond acceptors (Lipinski definition) is 4. The highest BCUT2D eigenvalue weighted by molar-refractivity contribution is 5.75. The summed E-state index contributed by atoms with van der Waals surface area (Å²) < 4.78 is 10.5. The number of nitrogens with zero attached hydrogens (tertiary/aromatic N) is 1. The summed E-state index contributed by atoms with van der Waals surface area (Å²) in [4.78, 5) is 14.4. The molecule has 5 heteroatoms. The van der Waals surface area contributed by atoms with Crippen LogP contribution in [0.15, 0.2) is 18.2 Å². The number of rotatable bonds is 7. The molecule has 128 valence electrons. The van der Waals surface area contributed by atoms with Crippen LogP contribution in [0.3, 0.4) is 0 Å². The maximum atomic E-state index is 12.1. The summed E-state index contributed by atoms with van der Waals surface area (Å²) in [6.07, 6.45) is 4.04. The number of benzene rings is 1. The number of carbonyl (C=O) groups excluding carboxylic acids is 1. The predicted octanol–water partition coefficient (Wildman–Crippen LogP) is 2.44. The number of nitrogens with one attached hydrogen (secondary N) is 1. The molecule has 1 amide bonds. The molecule has 1 unspecified atom stereocenters. The Kier molecular flexibility index (Phi) is 6.71. The lowest BCUT2D eigenvalue weighted by molar-refractivity contribution is -0.121. The molecule has 2 rings (SSSR count). The van der Waals surface area contributed by atoms with E-state index in [9.17, 15) is 4.79 Å². The molecular formula is C18H28N2O3. The topological polar surface area (TPSA) is 50.8 Å². The van der Waals surface area contributed by atoms with Gasteiger partial charge < -0.3 is 19.7 Å². The van der Waals surface area contributed by atoms with Gasteiger partial charge in [-0.2, -0.15) is 0 Å². The molecule has 1 saturated heterocycles. The largest absolute Gasteiger partial charge is 0.497 e. The molecule has 0 radical (unpaired) electrons. The fraction of sp³-hybridized carbons (Fsp3) is 0.611. The summed E-state index contributed by atoms with van der Waals surface area (Å²) in [7, 11) is 5.40. The van der Waals surface area contributed by atoms with Crippen LogP contribution in [0, 0.1) is 5.92 Å². The van der Waals surface area contributed by atoms with Gasteiger partial charge >= 0.3 is 0 Å². The number of amides is 1. The highest BCUT2D eigenvalue weighted by Gasteiger charge is 2.18. The van der Waals surface area contributed by atoms with Gasteiger partial charge in [-0.1, -0.05) is 0 Å². The zero-order valence-electron chi connectivity index (χ0n) is 14.4. The maximum Gasteiger partial charge on any atom is 0.220 e. The lowest BCUT2D eigenvalue weighted by Gasteiger charge is -2.29. The smallest absolute Gasteiger partial charge is 0.220 e. The maximum absolute atomic E-state index is 12.1. The van der Waals surface area contributed by atoms with Crippen molar-refractivity contribution in [1.29, 1.82) is 0 Å². The second kappa shape index (κ2) is 8.77. The van der Waals surface area contributed by atoms with E-state index in [-0.39, 0.29) is 5.91 Å². The molecule has 1 aliphatic rings. The van der Waals surface area contributed by atoms with Gasteiger partial charge in [0, 0.05) is 31.1 Å². The second-order valence-corrected chi connectivity index (χ2v) is 6.26. The van der Waals surface area contributed by atoms with E-state index in [2.05, 4.69) is 17.3 Å². The van der Waals surface area contributed by atoms with Gasteiger partial charge in [0.05, 0.1) is 14.2 Å². The van der Waals surface area contributed by atoms with Crippen molar-refractivity contribution in [2.45, 2.75) is 32.2 Å². The molecule has 0 aromatic heterocycles. The van der Waals surface area contributed by atoms with E-state index in [0.717, 1.165) is 30.0 Å². The number of likely N-dealkylation sites (tertiary alicyclic amines) is 1. The van der Waals surface area contributed by atoms with Crippen molar-refractivity contribution in [2.24, 2.45) is 5.92 Å². The average molecular weight is 320 g/mol. The van der Waals surface area contributed by atoms with Gasteiger partial charge in [0.15, 0.2) is 0 Å². The number of ether oxygens (including phenoxy) is 2. The van der Waals surface area contributed by atoms with Gasteiger partial charge in [-0.3, -0.25) is 4.79 Å². The van der Waals surface area contributed by atoms with Crippen LogP contribution in [0.25, 0.3) is 0 Å². The van der Waals surface area contributed by atoms with E-state index < -0.39 is 0 Å². The van der Waals surface area contributed by atoms with E-state index in [0.29, 0.717) is 18.9 Å².